The van der Waals surface area contributed by atoms with Gasteiger partial charge in [-0.25, -0.2) is 4.98 Å². The Labute approximate surface area is 121 Å². The van der Waals surface area contributed by atoms with E-state index in [2.05, 4.69) is 17.2 Å². The SMILES string of the molecule is CCCNc1ccc(Cn2ccc(=O)c([N+](=O)[O-])c2)cn1. The fourth-order valence-corrected chi connectivity index (χ4v) is 1.83. The third-order valence-electron chi connectivity index (χ3n) is 2.90. The van der Waals surface area contributed by atoms with Crippen LogP contribution in [0.25, 0.3) is 0 Å². The Morgan fingerprint density at radius 1 is 1.38 bits per heavy atom. The molecule has 110 valence electrons. The van der Waals surface area contributed by atoms with Crippen molar-refractivity contribution in [2.24, 2.45) is 0 Å². The van der Waals surface area contributed by atoms with Crippen LogP contribution < -0.4 is 10.7 Å². The molecule has 0 unspecified atom stereocenters. The van der Waals surface area contributed by atoms with Gasteiger partial charge in [0.25, 0.3) is 5.43 Å². The zero-order valence-corrected chi connectivity index (χ0v) is 11.7. The van der Waals surface area contributed by atoms with Crippen LogP contribution in [-0.4, -0.2) is 21.0 Å². The predicted octanol–water partition coefficient (Wildman–Crippen LogP) is 2.02. The second kappa shape index (κ2) is 6.65. The highest BCUT2D eigenvalue weighted by atomic mass is 16.6. The van der Waals surface area contributed by atoms with Gasteiger partial charge in [-0.2, -0.15) is 0 Å². The highest BCUT2D eigenvalue weighted by molar-refractivity contribution is 5.35. The lowest BCUT2D eigenvalue weighted by molar-refractivity contribution is -0.386. The zero-order chi connectivity index (χ0) is 15.2. The Hall–Kier alpha value is -2.70. The van der Waals surface area contributed by atoms with Crippen LogP contribution in [0.5, 0.6) is 0 Å². The summed E-state index contributed by atoms with van der Waals surface area (Å²) in [6.07, 6.45) is 5.50. The van der Waals surface area contributed by atoms with Gasteiger partial charge in [-0.3, -0.25) is 14.9 Å². The number of hydrogen-bond acceptors (Lipinski definition) is 5. The fourth-order valence-electron chi connectivity index (χ4n) is 1.83. The van der Waals surface area contributed by atoms with Crippen molar-refractivity contribution >= 4 is 11.5 Å². The van der Waals surface area contributed by atoms with Crippen LogP contribution in [-0.2, 0) is 6.54 Å². The quantitative estimate of drug-likeness (QED) is 0.648. The van der Waals surface area contributed by atoms with E-state index >= 15 is 0 Å². The Morgan fingerprint density at radius 2 is 2.19 bits per heavy atom. The molecule has 2 aromatic heterocycles. The van der Waals surface area contributed by atoms with E-state index in [4.69, 9.17) is 0 Å². The van der Waals surface area contributed by atoms with E-state index in [9.17, 15) is 14.9 Å². The summed E-state index contributed by atoms with van der Waals surface area (Å²) < 4.78 is 1.59. The molecule has 2 rings (SSSR count). The number of nitro groups is 1. The van der Waals surface area contributed by atoms with Gasteiger partial charge in [0.2, 0.25) is 0 Å². The Balaban J connectivity index is 2.13. The van der Waals surface area contributed by atoms with Crippen LogP contribution >= 0.6 is 0 Å². The summed E-state index contributed by atoms with van der Waals surface area (Å²) in [5.74, 6) is 0.798. The molecule has 7 heteroatoms. The lowest BCUT2D eigenvalue weighted by Crippen LogP contribution is -2.11. The summed E-state index contributed by atoms with van der Waals surface area (Å²) in [4.78, 5) is 25.7. The number of nitrogens with zero attached hydrogens (tertiary/aromatic N) is 3. The molecule has 0 fully saturated rings. The van der Waals surface area contributed by atoms with E-state index in [1.165, 1.54) is 18.5 Å². The molecule has 21 heavy (non-hydrogen) atoms. The molecule has 0 aliphatic heterocycles. The van der Waals surface area contributed by atoms with Gasteiger partial charge in [0.05, 0.1) is 11.1 Å². The standard InChI is InChI=1S/C14H16N4O3/c1-2-6-15-14-4-3-11(8-16-14)9-17-7-5-13(19)12(10-17)18(20)21/h3-5,7-8,10H,2,6,9H2,1H3,(H,15,16). The number of aromatic nitrogens is 2. The summed E-state index contributed by atoms with van der Waals surface area (Å²) in [5, 5.41) is 13.9. The number of hydrogen-bond donors (Lipinski definition) is 1. The van der Waals surface area contributed by atoms with Gasteiger partial charge in [0, 0.05) is 31.5 Å². The van der Waals surface area contributed by atoms with Crippen molar-refractivity contribution < 1.29 is 4.92 Å². The van der Waals surface area contributed by atoms with Crippen molar-refractivity contribution in [3.8, 4) is 0 Å². The molecule has 0 atom stereocenters. The minimum atomic E-state index is -0.672. The number of nitrogens with one attached hydrogen (secondary N) is 1. The van der Waals surface area contributed by atoms with Gasteiger partial charge >= 0.3 is 5.69 Å². The van der Waals surface area contributed by atoms with E-state index in [0.29, 0.717) is 6.54 Å². The monoisotopic (exact) mass is 288 g/mol. The lowest BCUT2D eigenvalue weighted by Gasteiger charge is -2.07. The first kappa shape index (κ1) is 14.7. The van der Waals surface area contributed by atoms with Crippen LogP contribution in [0.15, 0.2) is 41.6 Å². The normalized spacial score (nSPS) is 10.3. The largest absolute Gasteiger partial charge is 0.370 e. The Bertz CT molecular complexity index is 679. The third kappa shape index (κ3) is 3.88. The summed E-state index contributed by atoms with van der Waals surface area (Å²) in [7, 11) is 0. The van der Waals surface area contributed by atoms with Gasteiger partial charge in [-0.15, -0.1) is 0 Å². The summed E-state index contributed by atoms with van der Waals surface area (Å²) in [6, 6.07) is 4.96. The molecule has 2 aromatic rings. The molecule has 2 heterocycles. The molecule has 0 radical (unpaired) electrons. The maximum atomic E-state index is 11.3. The molecule has 0 spiro atoms. The number of anilines is 1. The molecular weight excluding hydrogens is 272 g/mol. The molecule has 1 N–H and O–H groups in total. The van der Waals surface area contributed by atoms with E-state index < -0.39 is 16.0 Å². The number of pyridine rings is 2. The first-order valence-electron chi connectivity index (χ1n) is 6.63. The Kier molecular flexibility index (Phi) is 4.65. The van der Waals surface area contributed by atoms with Gasteiger partial charge < -0.3 is 9.88 Å². The van der Waals surface area contributed by atoms with E-state index in [0.717, 1.165) is 24.3 Å². The average molecular weight is 288 g/mol. The van der Waals surface area contributed by atoms with Crippen molar-refractivity contribution in [2.45, 2.75) is 19.9 Å². The van der Waals surface area contributed by atoms with Crippen LogP contribution in [0.3, 0.4) is 0 Å². The molecular formula is C14H16N4O3. The van der Waals surface area contributed by atoms with Crippen molar-refractivity contribution in [1.82, 2.24) is 9.55 Å². The molecule has 0 bridgehead atoms. The highest BCUT2D eigenvalue weighted by Crippen LogP contribution is 2.09. The van der Waals surface area contributed by atoms with Crippen LogP contribution in [0.2, 0.25) is 0 Å². The second-order valence-electron chi connectivity index (χ2n) is 4.60. The van der Waals surface area contributed by atoms with Crippen molar-refractivity contribution in [1.29, 1.82) is 0 Å². The maximum Gasteiger partial charge on any atom is 0.332 e. The lowest BCUT2D eigenvalue weighted by atomic mass is 10.2. The maximum absolute atomic E-state index is 11.3. The van der Waals surface area contributed by atoms with E-state index in [1.807, 2.05) is 12.1 Å². The molecule has 0 saturated carbocycles. The minimum Gasteiger partial charge on any atom is -0.370 e. The molecule has 0 aromatic carbocycles. The molecule has 0 saturated heterocycles. The zero-order valence-electron chi connectivity index (χ0n) is 11.7. The summed E-state index contributed by atoms with van der Waals surface area (Å²) >= 11 is 0. The molecule has 0 aliphatic rings. The van der Waals surface area contributed by atoms with Crippen molar-refractivity contribution in [2.75, 3.05) is 11.9 Å². The predicted molar refractivity (Wildman–Crippen MR) is 79.5 cm³/mol. The first-order valence-corrected chi connectivity index (χ1v) is 6.63. The molecule has 0 aliphatic carbocycles. The van der Waals surface area contributed by atoms with Crippen molar-refractivity contribution in [3.05, 3.63) is 62.7 Å². The highest BCUT2D eigenvalue weighted by Gasteiger charge is 2.11. The van der Waals surface area contributed by atoms with E-state index in [1.54, 1.807) is 10.8 Å². The molecule has 0 amide bonds. The van der Waals surface area contributed by atoms with Gasteiger partial charge in [0.15, 0.2) is 0 Å². The topological polar surface area (TPSA) is 90.1 Å². The van der Waals surface area contributed by atoms with Crippen LogP contribution in [0.1, 0.15) is 18.9 Å². The fraction of sp³-hybridized carbons (Fsp3) is 0.286. The van der Waals surface area contributed by atoms with Gasteiger partial charge in [0.1, 0.15) is 5.82 Å². The summed E-state index contributed by atoms with van der Waals surface area (Å²) in [5.41, 5.74) is -0.116. The van der Waals surface area contributed by atoms with Crippen molar-refractivity contribution in [3.63, 3.8) is 0 Å². The molecule has 7 nitrogen and oxygen atoms in total. The van der Waals surface area contributed by atoms with E-state index in [-0.39, 0.29) is 0 Å². The third-order valence-corrected chi connectivity index (χ3v) is 2.90. The number of rotatable bonds is 6. The smallest absolute Gasteiger partial charge is 0.332 e. The summed E-state index contributed by atoms with van der Waals surface area (Å²) in [6.45, 7) is 3.35. The van der Waals surface area contributed by atoms with Crippen LogP contribution in [0, 0.1) is 10.1 Å². The van der Waals surface area contributed by atoms with Gasteiger partial charge in [-0.05, 0) is 18.1 Å². The minimum absolute atomic E-state index is 0.419. The first-order chi connectivity index (χ1) is 10.1. The Morgan fingerprint density at radius 3 is 2.81 bits per heavy atom. The van der Waals surface area contributed by atoms with Gasteiger partial charge in [-0.1, -0.05) is 13.0 Å². The average Bonchev–Trinajstić information content (AvgIpc) is 2.48. The second-order valence-corrected chi connectivity index (χ2v) is 4.60. The van der Waals surface area contributed by atoms with Crippen LogP contribution in [0.4, 0.5) is 11.5 Å².